The number of hydrogen-bond acceptors (Lipinski definition) is 5. The molecular weight excluding hydrogens is 342 g/mol. The Kier molecular flexibility index (Phi) is 5.86. The third kappa shape index (κ3) is 4.34. The average molecular weight is 365 g/mol. The molecule has 0 aliphatic carbocycles. The van der Waals surface area contributed by atoms with Gasteiger partial charge in [-0.1, -0.05) is 60.7 Å². The van der Waals surface area contributed by atoms with Gasteiger partial charge in [-0.05, 0) is 19.4 Å². The first-order valence-electron chi connectivity index (χ1n) is 9.03. The first kappa shape index (κ1) is 18.6. The molecular formula is C21H23N3O3. The van der Waals surface area contributed by atoms with Crippen LogP contribution in [0.4, 0.5) is 0 Å². The Morgan fingerprint density at radius 3 is 2.41 bits per heavy atom. The van der Waals surface area contributed by atoms with E-state index in [0.717, 1.165) is 11.1 Å². The van der Waals surface area contributed by atoms with Crippen molar-refractivity contribution >= 4 is 17.7 Å². The molecule has 1 aliphatic rings. The number of carbonyl (C=O) groups excluding carboxylic acids is 2. The molecule has 0 saturated carbocycles. The summed E-state index contributed by atoms with van der Waals surface area (Å²) in [5.74, 6) is -0.141. The Morgan fingerprint density at radius 2 is 1.78 bits per heavy atom. The standard InChI is InChI=1S/C21H23N3O3/c1-3-27-21(26)15(2)24-20(25)18(14-16-10-6-4-7-11-16)22-19(23-24)17-12-8-5-9-13-17/h4-13,15,18H,3,14H2,1-2H3,(H,22,23)/t15?,18-/m0/s1. The number of carbonyl (C=O) groups is 2. The van der Waals surface area contributed by atoms with Gasteiger partial charge in [0.1, 0.15) is 17.9 Å². The second-order valence-corrected chi connectivity index (χ2v) is 6.30. The number of amidine groups is 1. The normalized spacial score (nSPS) is 17.7. The van der Waals surface area contributed by atoms with Crippen LogP contribution < -0.4 is 5.43 Å². The van der Waals surface area contributed by atoms with Gasteiger partial charge in [0.2, 0.25) is 0 Å². The lowest BCUT2D eigenvalue weighted by Gasteiger charge is -2.35. The Balaban J connectivity index is 1.92. The molecule has 140 valence electrons. The van der Waals surface area contributed by atoms with E-state index in [1.807, 2.05) is 60.7 Å². The summed E-state index contributed by atoms with van der Waals surface area (Å²) >= 11 is 0. The van der Waals surface area contributed by atoms with E-state index in [9.17, 15) is 9.59 Å². The molecule has 27 heavy (non-hydrogen) atoms. The minimum absolute atomic E-state index is 0.251. The Labute approximate surface area is 158 Å². The molecule has 1 N–H and O–H groups in total. The molecule has 6 nitrogen and oxygen atoms in total. The fourth-order valence-electron chi connectivity index (χ4n) is 2.93. The number of hydrogen-bond donors (Lipinski definition) is 1. The smallest absolute Gasteiger partial charge is 0.330 e. The Bertz CT molecular complexity index is 821. The van der Waals surface area contributed by atoms with Crippen LogP contribution in [-0.2, 0) is 20.7 Å². The van der Waals surface area contributed by atoms with E-state index >= 15 is 0 Å². The van der Waals surface area contributed by atoms with Crippen molar-refractivity contribution in [3.63, 3.8) is 0 Å². The number of benzene rings is 2. The molecule has 0 saturated heterocycles. The van der Waals surface area contributed by atoms with E-state index < -0.39 is 18.1 Å². The summed E-state index contributed by atoms with van der Waals surface area (Å²) in [4.78, 5) is 29.8. The zero-order valence-electron chi connectivity index (χ0n) is 15.5. The molecule has 2 aromatic rings. The fourth-order valence-corrected chi connectivity index (χ4v) is 2.93. The number of hydrazine groups is 1. The quantitative estimate of drug-likeness (QED) is 0.798. The summed E-state index contributed by atoms with van der Waals surface area (Å²) in [6.07, 6.45) is 0.462. The SMILES string of the molecule is CCOC(=O)C(C)N1NC(c2ccccc2)=N[C@@H](Cc2ccccc2)C1=O. The molecule has 0 spiro atoms. The maximum atomic E-state index is 13.0. The highest BCUT2D eigenvalue weighted by molar-refractivity contribution is 6.04. The molecule has 1 unspecified atom stereocenters. The lowest BCUT2D eigenvalue weighted by atomic mass is 10.0. The van der Waals surface area contributed by atoms with Gasteiger partial charge in [-0.15, -0.1) is 0 Å². The van der Waals surface area contributed by atoms with Crippen LogP contribution in [0.1, 0.15) is 25.0 Å². The van der Waals surface area contributed by atoms with Crippen LogP contribution in [0.5, 0.6) is 0 Å². The van der Waals surface area contributed by atoms with Crippen molar-refractivity contribution in [1.82, 2.24) is 10.4 Å². The Morgan fingerprint density at radius 1 is 1.15 bits per heavy atom. The minimum Gasteiger partial charge on any atom is -0.464 e. The third-order valence-electron chi connectivity index (χ3n) is 4.37. The molecule has 2 aromatic carbocycles. The highest BCUT2D eigenvalue weighted by atomic mass is 16.5. The van der Waals surface area contributed by atoms with Gasteiger partial charge in [0, 0.05) is 12.0 Å². The van der Waals surface area contributed by atoms with Crippen LogP contribution in [0.15, 0.2) is 65.7 Å². The zero-order chi connectivity index (χ0) is 19.2. The Hall–Kier alpha value is -3.15. The predicted octanol–water partition coefficient (Wildman–Crippen LogP) is 2.34. The van der Waals surface area contributed by atoms with Crippen molar-refractivity contribution in [1.29, 1.82) is 0 Å². The number of aliphatic imine (C=N–C) groups is 1. The minimum atomic E-state index is -0.759. The largest absolute Gasteiger partial charge is 0.464 e. The van der Waals surface area contributed by atoms with Gasteiger partial charge < -0.3 is 4.74 Å². The second kappa shape index (κ2) is 8.49. The second-order valence-electron chi connectivity index (χ2n) is 6.30. The average Bonchev–Trinajstić information content (AvgIpc) is 2.70. The predicted molar refractivity (Wildman–Crippen MR) is 103 cm³/mol. The summed E-state index contributed by atoms with van der Waals surface area (Å²) < 4.78 is 5.09. The third-order valence-corrected chi connectivity index (χ3v) is 4.37. The van der Waals surface area contributed by atoms with E-state index in [4.69, 9.17) is 4.74 Å². The van der Waals surface area contributed by atoms with Gasteiger partial charge in [-0.3, -0.25) is 15.2 Å². The number of rotatable bonds is 6. The van der Waals surface area contributed by atoms with E-state index in [0.29, 0.717) is 12.3 Å². The van der Waals surface area contributed by atoms with Gasteiger partial charge >= 0.3 is 5.97 Å². The molecule has 1 amide bonds. The molecule has 2 atom stereocenters. The summed E-state index contributed by atoms with van der Waals surface area (Å²) in [7, 11) is 0. The highest BCUT2D eigenvalue weighted by Gasteiger charge is 2.36. The van der Waals surface area contributed by atoms with Crippen molar-refractivity contribution in [2.75, 3.05) is 6.61 Å². The monoisotopic (exact) mass is 365 g/mol. The molecule has 0 radical (unpaired) electrons. The molecule has 0 aromatic heterocycles. The van der Waals surface area contributed by atoms with Gasteiger partial charge in [-0.2, -0.15) is 0 Å². The van der Waals surface area contributed by atoms with Crippen LogP contribution >= 0.6 is 0 Å². The molecule has 3 rings (SSSR count). The van der Waals surface area contributed by atoms with Gasteiger partial charge in [0.15, 0.2) is 0 Å². The molecule has 1 heterocycles. The molecule has 6 heteroatoms. The van der Waals surface area contributed by atoms with Crippen molar-refractivity contribution in [3.05, 3.63) is 71.8 Å². The zero-order valence-corrected chi connectivity index (χ0v) is 15.5. The summed E-state index contributed by atoms with van der Waals surface area (Å²) in [6, 6.07) is 17.9. The molecule has 1 aliphatic heterocycles. The fraction of sp³-hybridized carbons (Fsp3) is 0.286. The number of ether oxygens (including phenoxy) is 1. The van der Waals surface area contributed by atoms with E-state index in [2.05, 4.69) is 10.4 Å². The first-order valence-corrected chi connectivity index (χ1v) is 9.03. The number of nitrogens with zero attached hydrogens (tertiary/aromatic N) is 2. The highest BCUT2D eigenvalue weighted by Crippen LogP contribution is 2.16. The van der Waals surface area contributed by atoms with E-state index in [-0.39, 0.29) is 12.5 Å². The first-order chi connectivity index (χ1) is 13.1. The van der Waals surface area contributed by atoms with E-state index in [1.165, 1.54) is 5.01 Å². The maximum Gasteiger partial charge on any atom is 0.330 e. The lowest BCUT2D eigenvalue weighted by molar-refractivity contribution is -0.156. The van der Waals surface area contributed by atoms with Crippen LogP contribution in [0, 0.1) is 0 Å². The topological polar surface area (TPSA) is 71.0 Å². The number of esters is 1. The van der Waals surface area contributed by atoms with Gasteiger partial charge in [0.05, 0.1) is 6.61 Å². The van der Waals surface area contributed by atoms with Crippen molar-refractivity contribution in [2.24, 2.45) is 4.99 Å². The van der Waals surface area contributed by atoms with Crippen molar-refractivity contribution in [3.8, 4) is 0 Å². The van der Waals surface area contributed by atoms with Crippen LogP contribution in [0.3, 0.4) is 0 Å². The van der Waals surface area contributed by atoms with Crippen molar-refractivity contribution in [2.45, 2.75) is 32.4 Å². The number of amides is 1. The van der Waals surface area contributed by atoms with Crippen LogP contribution in [0.25, 0.3) is 0 Å². The summed E-state index contributed by atoms with van der Waals surface area (Å²) in [5.41, 5.74) is 4.87. The van der Waals surface area contributed by atoms with Crippen LogP contribution in [-0.4, -0.2) is 41.4 Å². The maximum absolute atomic E-state index is 13.0. The summed E-state index contributed by atoms with van der Waals surface area (Å²) in [6.45, 7) is 3.65. The van der Waals surface area contributed by atoms with Gasteiger partial charge in [0.25, 0.3) is 5.91 Å². The van der Waals surface area contributed by atoms with Crippen LogP contribution in [0.2, 0.25) is 0 Å². The molecule has 0 bridgehead atoms. The van der Waals surface area contributed by atoms with Gasteiger partial charge in [-0.25, -0.2) is 9.80 Å². The van der Waals surface area contributed by atoms with E-state index in [1.54, 1.807) is 13.8 Å². The van der Waals surface area contributed by atoms with Crippen molar-refractivity contribution < 1.29 is 14.3 Å². The summed E-state index contributed by atoms with van der Waals surface area (Å²) in [5, 5.41) is 1.33. The number of nitrogens with one attached hydrogen (secondary N) is 1. The molecule has 0 fully saturated rings. The lowest BCUT2D eigenvalue weighted by Crippen LogP contribution is -2.60.